The van der Waals surface area contributed by atoms with E-state index in [1.54, 1.807) is 24.5 Å². The van der Waals surface area contributed by atoms with Gasteiger partial charge in [-0.15, -0.1) is 0 Å². The Kier molecular flexibility index (Phi) is 3.70. The Morgan fingerprint density at radius 3 is 2.74 bits per heavy atom. The highest BCUT2D eigenvalue weighted by molar-refractivity contribution is 7.92. The molecular formula is C20H17FN2O3S. The Hall–Kier alpha value is -2.51. The molecule has 0 unspecified atom stereocenters. The molecule has 2 aliphatic rings. The molecule has 1 aromatic carbocycles. The van der Waals surface area contributed by atoms with Crippen molar-refractivity contribution in [2.24, 2.45) is 0 Å². The van der Waals surface area contributed by atoms with Crippen LogP contribution in [0.4, 0.5) is 4.39 Å². The minimum atomic E-state index is -3.35. The summed E-state index contributed by atoms with van der Waals surface area (Å²) in [6.45, 7) is 1.77. The SMILES string of the molecule is O=S1(=O)c2ccc(-c3ccc(F)nc3)cc2[C@@H]2CN(Cc3ccco3)C[C@@H]21. The van der Waals surface area contributed by atoms with Crippen LogP contribution in [-0.4, -0.2) is 36.6 Å². The van der Waals surface area contributed by atoms with Gasteiger partial charge in [0.25, 0.3) is 0 Å². The van der Waals surface area contributed by atoms with Crippen molar-refractivity contribution in [3.05, 3.63) is 72.2 Å². The van der Waals surface area contributed by atoms with Crippen LogP contribution in [-0.2, 0) is 16.4 Å². The summed E-state index contributed by atoms with van der Waals surface area (Å²) in [6.07, 6.45) is 3.09. The van der Waals surface area contributed by atoms with Crippen LogP contribution in [0, 0.1) is 5.95 Å². The van der Waals surface area contributed by atoms with Crippen molar-refractivity contribution in [3.8, 4) is 11.1 Å². The van der Waals surface area contributed by atoms with E-state index >= 15 is 0 Å². The number of nitrogens with zero attached hydrogens (tertiary/aromatic N) is 2. The highest BCUT2D eigenvalue weighted by atomic mass is 32.2. The van der Waals surface area contributed by atoms with Crippen LogP contribution in [0.1, 0.15) is 17.2 Å². The molecule has 138 valence electrons. The highest BCUT2D eigenvalue weighted by Crippen LogP contribution is 2.46. The minimum absolute atomic E-state index is 0.0617. The molecule has 2 atom stereocenters. The second-order valence-corrected chi connectivity index (χ2v) is 9.22. The standard InChI is InChI=1S/C20H17FN2O3S/c21-20-6-4-14(9-22-20)13-3-5-18-16(8-13)17-11-23(10-15-2-1-7-26-15)12-19(17)27(18,24)25/h1-9,17,19H,10-12H2/t17-,19-/m0/s1. The van der Waals surface area contributed by atoms with Gasteiger partial charge >= 0.3 is 0 Å². The third-order valence-corrected chi connectivity index (χ3v) is 7.74. The van der Waals surface area contributed by atoms with Gasteiger partial charge in [0.05, 0.1) is 23.0 Å². The van der Waals surface area contributed by atoms with Crippen LogP contribution in [0.25, 0.3) is 11.1 Å². The predicted molar refractivity (Wildman–Crippen MR) is 97.3 cm³/mol. The van der Waals surface area contributed by atoms with Crippen molar-refractivity contribution in [1.29, 1.82) is 0 Å². The number of hydrogen-bond acceptors (Lipinski definition) is 5. The maximum atomic E-state index is 13.1. The lowest BCUT2D eigenvalue weighted by molar-refractivity contribution is 0.293. The highest BCUT2D eigenvalue weighted by Gasteiger charge is 2.50. The molecule has 0 radical (unpaired) electrons. The summed E-state index contributed by atoms with van der Waals surface area (Å²) >= 11 is 0. The van der Waals surface area contributed by atoms with Gasteiger partial charge in [-0.1, -0.05) is 6.07 Å². The fourth-order valence-corrected chi connectivity index (χ4v) is 6.40. The van der Waals surface area contributed by atoms with Crippen LogP contribution >= 0.6 is 0 Å². The number of hydrogen-bond donors (Lipinski definition) is 0. The predicted octanol–water partition coefficient (Wildman–Crippen LogP) is 3.24. The van der Waals surface area contributed by atoms with Gasteiger partial charge in [0.1, 0.15) is 5.76 Å². The van der Waals surface area contributed by atoms with Crippen LogP contribution < -0.4 is 0 Å². The number of aromatic nitrogens is 1. The number of likely N-dealkylation sites (tertiary alicyclic amines) is 1. The number of pyridine rings is 1. The number of rotatable bonds is 3. The normalized spacial score (nSPS) is 23.3. The zero-order valence-electron chi connectivity index (χ0n) is 14.4. The Morgan fingerprint density at radius 1 is 1.15 bits per heavy atom. The van der Waals surface area contributed by atoms with Gasteiger partial charge < -0.3 is 4.42 Å². The lowest BCUT2D eigenvalue weighted by atomic mass is 9.95. The Morgan fingerprint density at radius 2 is 2.00 bits per heavy atom. The van der Waals surface area contributed by atoms with Crippen molar-refractivity contribution < 1.29 is 17.2 Å². The molecule has 5 nitrogen and oxygen atoms in total. The average molecular weight is 384 g/mol. The molecular weight excluding hydrogens is 367 g/mol. The lowest BCUT2D eigenvalue weighted by Crippen LogP contribution is -2.25. The second kappa shape index (κ2) is 6.00. The molecule has 1 saturated heterocycles. The topological polar surface area (TPSA) is 63.4 Å². The van der Waals surface area contributed by atoms with Crippen molar-refractivity contribution in [3.63, 3.8) is 0 Å². The first-order valence-corrected chi connectivity index (χ1v) is 10.3. The first-order valence-electron chi connectivity index (χ1n) is 8.77. The van der Waals surface area contributed by atoms with E-state index < -0.39 is 21.0 Å². The van der Waals surface area contributed by atoms with E-state index in [4.69, 9.17) is 4.42 Å². The van der Waals surface area contributed by atoms with Crippen LogP contribution in [0.5, 0.6) is 0 Å². The van der Waals surface area contributed by atoms with Crippen LogP contribution in [0.15, 0.2) is 64.2 Å². The van der Waals surface area contributed by atoms with Crippen molar-refractivity contribution >= 4 is 9.84 Å². The Bertz CT molecular complexity index is 1090. The summed E-state index contributed by atoms with van der Waals surface area (Å²) in [4.78, 5) is 6.25. The lowest BCUT2D eigenvalue weighted by Gasteiger charge is -2.16. The summed E-state index contributed by atoms with van der Waals surface area (Å²) in [7, 11) is -3.35. The van der Waals surface area contributed by atoms with Gasteiger partial charge in [-0.3, -0.25) is 4.90 Å². The fraction of sp³-hybridized carbons (Fsp3) is 0.250. The molecule has 4 heterocycles. The monoisotopic (exact) mass is 384 g/mol. The molecule has 2 aliphatic heterocycles. The summed E-state index contributed by atoms with van der Waals surface area (Å²) in [5, 5.41) is -0.427. The molecule has 27 heavy (non-hydrogen) atoms. The van der Waals surface area contributed by atoms with Gasteiger partial charge in [0.15, 0.2) is 9.84 Å². The van der Waals surface area contributed by atoms with E-state index in [-0.39, 0.29) is 5.92 Å². The summed E-state index contributed by atoms with van der Waals surface area (Å²) in [5.41, 5.74) is 2.47. The second-order valence-electron chi connectivity index (χ2n) is 7.09. The van der Waals surface area contributed by atoms with Crippen molar-refractivity contribution in [2.45, 2.75) is 22.6 Å². The molecule has 0 saturated carbocycles. The average Bonchev–Trinajstić information content (AvgIpc) is 3.35. The zero-order valence-corrected chi connectivity index (χ0v) is 15.2. The van der Waals surface area contributed by atoms with Crippen LogP contribution in [0.2, 0.25) is 0 Å². The molecule has 0 spiro atoms. The summed E-state index contributed by atoms with van der Waals surface area (Å²) in [5.74, 6) is 0.235. The molecule has 2 aromatic heterocycles. The van der Waals surface area contributed by atoms with Crippen LogP contribution in [0.3, 0.4) is 0 Å². The number of sulfone groups is 1. The van der Waals surface area contributed by atoms with Gasteiger partial charge in [0.2, 0.25) is 5.95 Å². The third-order valence-electron chi connectivity index (χ3n) is 5.48. The van der Waals surface area contributed by atoms with E-state index in [0.29, 0.717) is 24.5 Å². The zero-order chi connectivity index (χ0) is 18.6. The van der Waals surface area contributed by atoms with E-state index in [2.05, 4.69) is 9.88 Å². The van der Waals surface area contributed by atoms with Crippen molar-refractivity contribution in [1.82, 2.24) is 9.88 Å². The van der Waals surface area contributed by atoms with E-state index in [9.17, 15) is 12.8 Å². The summed E-state index contributed by atoms with van der Waals surface area (Å²) < 4.78 is 44.5. The maximum Gasteiger partial charge on any atom is 0.212 e. The molecule has 7 heteroatoms. The molecule has 0 N–H and O–H groups in total. The summed E-state index contributed by atoms with van der Waals surface area (Å²) in [6, 6.07) is 12.1. The number of halogens is 1. The first-order chi connectivity index (χ1) is 13.0. The minimum Gasteiger partial charge on any atom is -0.468 e. The largest absolute Gasteiger partial charge is 0.468 e. The molecule has 0 amide bonds. The van der Waals surface area contributed by atoms with E-state index in [1.165, 1.54) is 12.3 Å². The quantitative estimate of drug-likeness (QED) is 0.649. The molecule has 0 aliphatic carbocycles. The fourth-order valence-electron chi connectivity index (χ4n) is 4.20. The number of fused-ring (bicyclic) bond motifs is 3. The van der Waals surface area contributed by atoms with E-state index in [0.717, 1.165) is 22.5 Å². The Balaban J connectivity index is 1.50. The molecule has 1 fully saturated rings. The molecule has 3 aromatic rings. The smallest absolute Gasteiger partial charge is 0.212 e. The molecule has 0 bridgehead atoms. The Labute approximate surface area is 156 Å². The molecule has 5 rings (SSSR count). The number of furan rings is 1. The van der Waals surface area contributed by atoms with Gasteiger partial charge in [-0.05, 0) is 47.5 Å². The van der Waals surface area contributed by atoms with E-state index in [1.807, 2.05) is 18.2 Å². The maximum absolute atomic E-state index is 13.1. The first kappa shape index (κ1) is 16.6. The van der Waals surface area contributed by atoms with Gasteiger partial charge in [0, 0.05) is 30.8 Å². The van der Waals surface area contributed by atoms with Gasteiger partial charge in [-0.2, -0.15) is 4.39 Å². The van der Waals surface area contributed by atoms with Crippen molar-refractivity contribution in [2.75, 3.05) is 13.1 Å². The number of benzene rings is 1. The third kappa shape index (κ3) is 2.69. The van der Waals surface area contributed by atoms with Gasteiger partial charge in [-0.25, -0.2) is 13.4 Å².